The van der Waals surface area contributed by atoms with Gasteiger partial charge in [-0.15, -0.1) is 0 Å². The number of amides is 1. The van der Waals surface area contributed by atoms with Gasteiger partial charge in [-0.25, -0.2) is 9.37 Å². The summed E-state index contributed by atoms with van der Waals surface area (Å²) in [6.45, 7) is 0.820. The molecule has 3 heterocycles. The minimum atomic E-state index is -0.324. The molecule has 0 fully saturated rings. The van der Waals surface area contributed by atoms with Crippen LogP contribution in [-0.4, -0.2) is 38.3 Å². The monoisotopic (exact) mass is 367 g/mol. The van der Waals surface area contributed by atoms with E-state index in [2.05, 4.69) is 20.4 Å². The average molecular weight is 367 g/mol. The third-order valence-corrected chi connectivity index (χ3v) is 4.37. The van der Waals surface area contributed by atoms with Crippen molar-refractivity contribution in [3.63, 3.8) is 0 Å². The Labute approximate surface area is 155 Å². The predicted octanol–water partition coefficient (Wildman–Crippen LogP) is 1.99. The zero-order chi connectivity index (χ0) is 18.6. The summed E-state index contributed by atoms with van der Waals surface area (Å²) >= 11 is 0. The number of pyridine rings is 1. The van der Waals surface area contributed by atoms with Gasteiger partial charge in [0.15, 0.2) is 0 Å². The lowest BCUT2D eigenvalue weighted by molar-refractivity contribution is -0.121. The maximum absolute atomic E-state index is 14.0. The number of hydrogen-bond donors (Lipinski definition) is 1. The zero-order valence-corrected chi connectivity index (χ0v) is 14.5. The van der Waals surface area contributed by atoms with Gasteiger partial charge < -0.3 is 10.1 Å². The van der Waals surface area contributed by atoms with E-state index in [1.807, 2.05) is 18.2 Å². The van der Waals surface area contributed by atoms with E-state index in [1.165, 1.54) is 18.5 Å². The Kier molecular flexibility index (Phi) is 4.78. The normalized spacial score (nSPS) is 15.2. The van der Waals surface area contributed by atoms with E-state index in [9.17, 15) is 9.18 Å². The molecule has 0 bridgehead atoms. The maximum Gasteiger partial charge on any atom is 0.221 e. The first kappa shape index (κ1) is 17.1. The van der Waals surface area contributed by atoms with E-state index in [0.29, 0.717) is 42.9 Å². The predicted molar refractivity (Wildman–Crippen MR) is 95.4 cm³/mol. The molecule has 7 nitrogen and oxygen atoms in total. The van der Waals surface area contributed by atoms with Crippen molar-refractivity contribution in [1.82, 2.24) is 25.1 Å². The highest BCUT2D eigenvalue weighted by Crippen LogP contribution is 2.38. The molecule has 0 saturated carbocycles. The molecular weight excluding hydrogens is 349 g/mol. The Morgan fingerprint density at radius 3 is 3.07 bits per heavy atom. The maximum atomic E-state index is 14.0. The van der Waals surface area contributed by atoms with E-state index in [1.54, 1.807) is 17.2 Å². The molecule has 138 valence electrons. The number of carbonyl (C=O) groups is 1. The highest BCUT2D eigenvalue weighted by molar-refractivity contribution is 5.76. The number of rotatable bonds is 6. The summed E-state index contributed by atoms with van der Waals surface area (Å²) in [5, 5.41) is 6.82. The van der Waals surface area contributed by atoms with Gasteiger partial charge in [0.05, 0.1) is 18.8 Å². The standard InChI is InChI=1S/C19H18FN5O2/c20-14-7-13-8-15(10-23-18(26)4-6-25-12-21-11-24-25)27-19(13)16(9-14)17-3-1-2-5-22-17/h1-3,5,7,9,11-12,15H,4,6,8,10H2,(H,23,26). The second-order valence-corrected chi connectivity index (χ2v) is 6.31. The molecule has 3 aromatic rings. The van der Waals surface area contributed by atoms with Gasteiger partial charge >= 0.3 is 0 Å². The van der Waals surface area contributed by atoms with Crippen LogP contribution in [-0.2, 0) is 17.8 Å². The highest BCUT2D eigenvalue weighted by Gasteiger charge is 2.27. The third-order valence-electron chi connectivity index (χ3n) is 4.37. The quantitative estimate of drug-likeness (QED) is 0.721. The second-order valence-electron chi connectivity index (χ2n) is 6.31. The van der Waals surface area contributed by atoms with Crippen LogP contribution in [0.2, 0.25) is 0 Å². The molecule has 8 heteroatoms. The average Bonchev–Trinajstić information content (AvgIpc) is 3.34. The van der Waals surface area contributed by atoms with Gasteiger partial charge in [-0.2, -0.15) is 5.10 Å². The lowest BCUT2D eigenvalue weighted by Gasteiger charge is -2.13. The molecular formula is C19H18FN5O2. The Bertz CT molecular complexity index is 931. The Morgan fingerprint density at radius 2 is 2.30 bits per heavy atom. The van der Waals surface area contributed by atoms with Crippen molar-refractivity contribution in [3.8, 4) is 17.0 Å². The minimum Gasteiger partial charge on any atom is -0.487 e. The molecule has 2 aromatic heterocycles. The van der Waals surface area contributed by atoms with E-state index in [0.717, 1.165) is 5.56 Å². The molecule has 0 radical (unpaired) electrons. The molecule has 1 amide bonds. The largest absolute Gasteiger partial charge is 0.487 e. The molecule has 1 aromatic carbocycles. The smallest absolute Gasteiger partial charge is 0.221 e. The summed E-state index contributed by atoms with van der Waals surface area (Å²) in [5.41, 5.74) is 2.08. The molecule has 4 rings (SSSR count). The van der Waals surface area contributed by atoms with Crippen molar-refractivity contribution in [1.29, 1.82) is 0 Å². The first-order valence-corrected chi connectivity index (χ1v) is 8.68. The van der Waals surface area contributed by atoms with Crippen molar-refractivity contribution in [2.75, 3.05) is 6.54 Å². The Balaban J connectivity index is 1.38. The second kappa shape index (κ2) is 7.53. The van der Waals surface area contributed by atoms with Crippen molar-refractivity contribution in [3.05, 3.63) is 60.6 Å². The molecule has 1 unspecified atom stereocenters. The summed E-state index contributed by atoms with van der Waals surface area (Å²) in [4.78, 5) is 20.1. The van der Waals surface area contributed by atoms with Crippen LogP contribution < -0.4 is 10.1 Å². The van der Waals surface area contributed by atoms with Gasteiger partial charge in [-0.05, 0) is 24.3 Å². The van der Waals surface area contributed by atoms with Crippen LogP contribution in [0.1, 0.15) is 12.0 Å². The number of fused-ring (bicyclic) bond motifs is 1. The topological polar surface area (TPSA) is 81.9 Å². The lowest BCUT2D eigenvalue weighted by Crippen LogP contribution is -2.34. The van der Waals surface area contributed by atoms with E-state index < -0.39 is 0 Å². The number of nitrogens with one attached hydrogen (secondary N) is 1. The zero-order valence-electron chi connectivity index (χ0n) is 14.5. The number of ether oxygens (including phenoxy) is 1. The van der Waals surface area contributed by atoms with E-state index >= 15 is 0 Å². The van der Waals surface area contributed by atoms with Gasteiger partial charge in [-0.1, -0.05) is 6.07 Å². The van der Waals surface area contributed by atoms with Crippen LogP contribution in [0, 0.1) is 5.82 Å². The van der Waals surface area contributed by atoms with Crippen LogP contribution in [0.15, 0.2) is 49.2 Å². The molecule has 0 aliphatic carbocycles. The van der Waals surface area contributed by atoms with Crippen LogP contribution in [0.25, 0.3) is 11.3 Å². The highest BCUT2D eigenvalue weighted by atomic mass is 19.1. The third kappa shape index (κ3) is 3.94. The Hall–Kier alpha value is -3.29. The lowest BCUT2D eigenvalue weighted by atomic mass is 10.0. The van der Waals surface area contributed by atoms with E-state index in [-0.39, 0.29) is 17.8 Å². The summed E-state index contributed by atoms with van der Waals surface area (Å²) in [5.74, 6) is 0.216. The number of hydrogen-bond acceptors (Lipinski definition) is 5. The molecule has 1 atom stereocenters. The van der Waals surface area contributed by atoms with E-state index in [4.69, 9.17) is 4.74 Å². The van der Waals surface area contributed by atoms with Crippen LogP contribution in [0.5, 0.6) is 5.75 Å². The molecule has 1 N–H and O–H groups in total. The van der Waals surface area contributed by atoms with Gasteiger partial charge in [-0.3, -0.25) is 14.5 Å². The fourth-order valence-electron chi connectivity index (χ4n) is 3.10. The first-order chi connectivity index (χ1) is 13.2. The Morgan fingerprint density at radius 1 is 1.37 bits per heavy atom. The number of halogens is 1. The van der Waals surface area contributed by atoms with Crippen molar-refractivity contribution in [2.24, 2.45) is 0 Å². The van der Waals surface area contributed by atoms with Crippen molar-refractivity contribution < 1.29 is 13.9 Å². The van der Waals surface area contributed by atoms with Crippen molar-refractivity contribution in [2.45, 2.75) is 25.5 Å². The summed E-state index contributed by atoms with van der Waals surface area (Å²) in [6.07, 6.45) is 5.26. The number of aromatic nitrogens is 4. The molecule has 27 heavy (non-hydrogen) atoms. The van der Waals surface area contributed by atoms with Crippen LogP contribution >= 0.6 is 0 Å². The van der Waals surface area contributed by atoms with Gasteiger partial charge in [0.2, 0.25) is 5.91 Å². The fraction of sp³-hybridized carbons (Fsp3) is 0.263. The molecule has 1 aliphatic heterocycles. The van der Waals surface area contributed by atoms with Gasteiger partial charge in [0.25, 0.3) is 0 Å². The van der Waals surface area contributed by atoms with Gasteiger partial charge in [0.1, 0.15) is 30.3 Å². The summed E-state index contributed by atoms with van der Waals surface area (Å²) < 4.78 is 21.6. The minimum absolute atomic E-state index is 0.0961. The number of carbonyl (C=O) groups excluding carboxylic acids is 1. The fourth-order valence-corrected chi connectivity index (χ4v) is 3.10. The molecule has 1 aliphatic rings. The number of aryl methyl sites for hydroxylation is 1. The first-order valence-electron chi connectivity index (χ1n) is 8.68. The summed E-state index contributed by atoms with van der Waals surface area (Å²) in [6, 6.07) is 8.38. The number of benzene rings is 1. The molecule has 0 saturated heterocycles. The summed E-state index contributed by atoms with van der Waals surface area (Å²) in [7, 11) is 0. The van der Waals surface area contributed by atoms with Crippen LogP contribution in [0.3, 0.4) is 0 Å². The molecule has 0 spiro atoms. The van der Waals surface area contributed by atoms with Gasteiger partial charge in [0, 0.05) is 30.2 Å². The van der Waals surface area contributed by atoms with Crippen molar-refractivity contribution >= 4 is 5.91 Å². The van der Waals surface area contributed by atoms with Crippen LogP contribution in [0.4, 0.5) is 4.39 Å². The number of nitrogens with zero attached hydrogens (tertiary/aromatic N) is 4. The SMILES string of the molecule is O=C(CCn1cncn1)NCC1Cc2cc(F)cc(-c3ccccn3)c2O1.